The largest absolute Gasteiger partial charge is 0.326 e. The third kappa shape index (κ3) is 4.59. The minimum absolute atomic E-state index is 0.0166. The Morgan fingerprint density at radius 1 is 1.04 bits per heavy atom. The van der Waals surface area contributed by atoms with Crippen LogP contribution in [0, 0.1) is 0 Å². The molecule has 2 aromatic carbocycles. The third-order valence-electron chi connectivity index (χ3n) is 4.53. The predicted octanol–water partition coefficient (Wildman–Crippen LogP) is 3.99. The number of aryl methyl sites for hydroxylation is 1. The van der Waals surface area contributed by atoms with Gasteiger partial charge in [0.25, 0.3) is 5.91 Å². The molecule has 3 N–H and O–H groups in total. The molecule has 0 spiro atoms. The maximum atomic E-state index is 12.6. The minimum Gasteiger partial charge on any atom is -0.326 e. The van der Waals surface area contributed by atoms with Crippen molar-refractivity contribution in [3.63, 3.8) is 0 Å². The lowest BCUT2D eigenvalue weighted by atomic mass is 10.0. The number of hydrogen-bond donors (Lipinski definition) is 2. The topological polar surface area (TPSA) is 45.7 Å². The van der Waals surface area contributed by atoms with Gasteiger partial charge in [0.05, 0.1) is 4.88 Å². The molecule has 0 aliphatic heterocycles. The van der Waals surface area contributed by atoms with Crippen molar-refractivity contribution >= 4 is 22.9 Å². The normalized spacial score (nSPS) is 13.2. The zero-order valence-corrected chi connectivity index (χ0v) is 16.0. The van der Waals surface area contributed by atoms with Crippen molar-refractivity contribution in [2.75, 3.05) is 5.32 Å². The second-order valence-electron chi connectivity index (χ2n) is 6.42. The average molecular weight is 366 g/mol. The molecule has 1 amide bonds. The Kier molecular flexibility index (Phi) is 6.21. The molecule has 0 aliphatic rings. The van der Waals surface area contributed by atoms with Gasteiger partial charge < -0.3 is 10.6 Å². The Labute approximate surface area is 159 Å². The molecule has 0 aliphatic carbocycles. The van der Waals surface area contributed by atoms with Crippen LogP contribution in [0.1, 0.15) is 35.9 Å². The van der Waals surface area contributed by atoms with Crippen LogP contribution in [0.25, 0.3) is 0 Å². The van der Waals surface area contributed by atoms with Gasteiger partial charge >= 0.3 is 0 Å². The van der Waals surface area contributed by atoms with Crippen molar-refractivity contribution in [1.82, 2.24) is 0 Å². The molecule has 0 bridgehead atoms. The first-order valence-electron chi connectivity index (χ1n) is 9.00. The van der Waals surface area contributed by atoms with Gasteiger partial charge in [-0.05, 0) is 42.5 Å². The number of anilines is 1. The van der Waals surface area contributed by atoms with Crippen LogP contribution in [0.4, 0.5) is 5.69 Å². The van der Waals surface area contributed by atoms with E-state index in [0.29, 0.717) is 0 Å². The van der Waals surface area contributed by atoms with Crippen LogP contribution in [-0.4, -0.2) is 11.9 Å². The van der Waals surface area contributed by atoms with Crippen LogP contribution >= 0.6 is 11.3 Å². The first-order valence-corrected chi connectivity index (χ1v) is 9.88. The molecule has 1 aromatic heterocycles. The van der Waals surface area contributed by atoms with Gasteiger partial charge in [0, 0.05) is 11.3 Å². The highest BCUT2D eigenvalue weighted by atomic mass is 32.1. The van der Waals surface area contributed by atoms with E-state index in [-0.39, 0.29) is 18.0 Å². The molecule has 0 unspecified atom stereocenters. The molecule has 2 atom stereocenters. The second-order valence-corrected chi connectivity index (χ2v) is 7.40. The number of para-hydroxylation sites is 1. The minimum atomic E-state index is -0.201. The number of benzene rings is 2. The Hall–Kier alpha value is -2.43. The molecule has 0 saturated heterocycles. The smallest absolute Gasteiger partial charge is 0.282 e. The predicted molar refractivity (Wildman–Crippen MR) is 108 cm³/mol. The summed E-state index contributed by atoms with van der Waals surface area (Å²) in [5.41, 5.74) is 3.38. The lowest BCUT2D eigenvalue weighted by Crippen LogP contribution is -2.92. The van der Waals surface area contributed by atoms with Crippen LogP contribution in [0.3, 0.4) is 0 Å². The van der Waals surface area contributed by atoms with Crippen LogP contribution < -0.4 is 10.6 Å². The van der Waals surface area contributed by atoms with Crippen LogP contribution in [0.15, 0.2) is 72.1 Å². The summed E-state index contributed by atoms with van der Waals surface area (Å²) in [6, 6.07) is 22.5. The standard InChI is InChI=1S/C22H24N2OS/c1-3-17-11-13-18(14-12-17)21(20-10-7-15-26-20)23-16(2)22(25)24-19-8-5-4-6-9-19/h4-16,21,23H,3H2,1-2H3,(H,24,25)/p+1/t16-,21-/m1/s1. The van der Waals surface area contributed by atoms with Crippen LogP contribution in [0.2, 0.25) is 0 Å². The van der Waals surface area contributed by atoms with Crippen molar-refractivity contribution in [3.8, 4) is 0 Å². The molecule has 4 heteroatoms. The summed E-state index contributed by atoms with van der Waals surface area (Å²) in [7, 11) is 0. The molecule has 3 rings (SSSR count). The summed E-state index contributed by atoms with van der Waals surface area (Å²) in [6.07, 6.45) is 1.03. The van der Waals surface area contributed by atoms with E-state index in [9.17, 15) is 4.79 Å². The lowest BCUT2D eigenvalue weighted by Gasteiger charge is -2.19. The third-order valence-corrected chi connectivity index (χ3v) is 5.49. The Morgan fingerprint density at radius 2 is 1.77 bits per heavy atom. The van der Waals surface area contributed by atoms with E-state index in [4.69, 9.17) is 0 Å². The quantitative estimate of drug-likeness (QED) is 0.653. The van der Waals surface area contributed by atoms with E-state index in [0.717, 1.165) is 12.1 Å². The number of hydrogen-bond acceptors (Lipinski definition) is 2. The summed E-state index contributed by atoms with van der Waals surface area (Å²) < 4.78 is 0. The number of thiophene rings is 1. The van der Waals surface area contributed by atoms with Crippen molar-refractivity contribution in [2.45, 2.75) is 32.4 Å². The molecule has 0 fully saturated rings. The Morgan fingerprint density at radius 3 is 2.38 bits per heavy atom. The molecule has 26 heavy (non-hydrogen) atoms. The fourth-order valence-electron chi connectivity index (χ4n) is 2.95. The van der Waals surface area contributed by atoms with Gasteiger partial charge in [0.15, 0.2) is 6.04 Å². The van der Waals surface area contributed by atoms with Gasteiger partial charge in [-0.15, -0.1) is 11.3 Å². The molecule has 1 heterocycles. The van der Waals surface area contributed by atoms with Crippen LogP contribution in [-0.2, 0) is 11.2 Å². The molecule has 0 radical (unpaired) electrons. The zero-order valence-electron chi connectivity index (χ0n) is 15.2. The number of quaternary nitrogens is 1. The van der Waals surface area contributed by atoms with E-state index in [1.165, 1.54) is 16.0 Å². The fourth-order valence-corrected chi connectivity index (χ4v) is 3.79. The van der Waals surface area contributed by atoms with E-state index in [1.54, 1.807) is 11.3 Å². The first-order chi connectivity index (χ1) is 12.7. The monoisotopic (exact) mass is 365 g/mol. The van der Waals surface area contributed by atoms with Crippen molar-refractivity contribution in [3.05, 3.63) is 88.1 Å². The average Bonchev–Trinajstić information content (AvgIpc) is 3.21. The number of nitrogens with one attached hydrogen (secondary N) is 1. The molecule has 0 saturated carbocycles. The SMILES string of the molecule is CCc1ccc([C@@H]([NH2+][C@H](C)C(=O)Nc2ccccc2)c2cccs2)cc1. The van der Waals surface area contributed by atoms with Crippen LogP contribution in [0.5, 0.6) is 0 Å². The highest BCUT2D eigenvalue weighted by molar-refractivity contribution is 7.10. The van der Waals surface area contributed by atoms with Crippen molar-refractivity contribution in [1.29, 1.82) is 0 Å². The maximum absolute atomic E-state index is 12.6. The summed E-state index contributed by atoms with van der Waals surface area (Å²) in [5.74, 6) is 0.0166. The summed E-state index contributed by atoms with van der Waals surface area (Å²) in [4.78, 5) is 13.9. The maximum Gasteiger partial charge on any atom is 0.282 e. The van der Waals surface area contributed by atoms with Gasteiger partial charge in [-0.2, -0.15) is 0 Å². The number of nitrogens with two attached hydrogens (primary N) is 1. The Balaban J connectivity index is 1.75. The summed E-state index contributed by atoms with van der Waals surface area (Å²) in [6.45, 7) is 4.12. The fraction of sp³-hybridized carbons (Fsp3) is 0.227. The van der Waals surface area contributed by atoms with Gasteiger partial charge in [0.1, 0.15) is 6.04 Å². The lowest BCUT2D eigenvalue weighted by molar-refractivity contribution is -0.703. The van der Waals surface area contributed by atoms with E-state index in [1.807, 2.05) is 37.3 Å². The molecule has 134 valence electrons. The number of amides is 1. The van der Waals surface area contributed by atoms with E-state index in [2.05, 4.69) is 59.3 Å². The van der Waals surface area contributed by atoms with Gasteiger partial charge in [-0.25, -0.2) is 0 Å². The molecule has 3 nitrogen and oxygen atoms in total. The second kappa shape index (κ2) is 8.79. The molecule has 3 aromatic rings. The van der Waals surface area contributed by atoms with E-state index >= 15 is 0 Å². The van der Waals surface area contributed by atoms with Gasteiger partial charge in [-0.1, -0.05) is 55.5 Å². The first kappa shape index (κ1) is 18.4. The van der Waals surface area contributed by atoms with Crippen molar-refractivity contribution in [2.24, 2.45) is 0 Å². The van der Waals surface area contributed by atoms with Crippen molar-refractivity contribution < 1.29 is 10.1 Å². The highest BCUT2D eigenvalue weighted by Gasteiger charge is 2.25. The highest BCUT2D eigenvalue weighted by Crippen LogP contribution is 2.23. The molecular formula is C22H25N2OS+. The van der Waals surface area contributed by atoms with E-state index < -0.39 is 0 Å². The molecular weight excluding hydrogens is 340 g/mol. The summed E-state index contributed by atoms with van der Waals surface area (Å²) in [5, 5.41) is 7.23. The summed E-state index contributed by atoms with van der Waals surface area (Å²) >= 11 is 1.73. The van der Waals surface area contributed by atoms with Gasteiger partial charge in [-0.3, -0.25) is 4.79 Å². The number of carbonyl (C=O) groups is 1. The van der Waals surface area contributed by atoms with Gasteiger partial charge in [0.2, 0.25) is 0 Å². The zero-order chi connectivity index (χ0) is 18.4. The Bertz CT molecular complexity index is 813. The number of rotatable bonds is 7. The number of carbonyl (C=O) groups excluding carboxylic acids is 1.